The Hall–Kier alpha value is -2.55. The molecule has 2 heterocycles. The average molecular weight is 417 g/mol. The fourth-order valence-electron chi connectivity index (χ4n) is 3.55. The van der Waals surface area contributed by atoms with Crippen LogP contribution in [0.4, 0.5) is 5.95 Å². The highest BCUT2D eigenvalue weighted by Gasteiger charge is 2.56. The van der Waals surface area contributed by atoms with Gasteiger partial charge in [0.15, 0.2) is 0 Å². The van der Waals surface area contributed by atoms with E-state index in [0.29, 0.717) is 15.7 Å². The highest BCUT2D eigenvalue weighted by Crippen LogP contribution is 2.48. The van der Waals surface area contributed by atoms with Gasteiger partial charge >= 0.3 is 5.97 Å². The minimum Gasteiger partial charge on any atom is -0.478 e. The molecule has 28 heavy (non-hydrogen) atoms. The Kier molecular flexibility index (Phi) is 4.78. The van der Waals surface area contributed by atoms with Crippen molar-refractivity contribution in [2.45, 2.75) is 22.8 Å². The van der Waals surface area contributed by atoms with E-state index in [1.54, 1.807) is 54.8 Å². The van der Waals surface area contributed by atoms with Crippen molar-refractivity contribution in [3.8, 4) is 0 Å². The largest absolute Gasteiger partial charge is 0.478 e. The number of aliphatic hydroxyl groups is 1. The number of thioether (sulfide) groups is 1. The maximum atomic E-state index is 12.4. The molecule has 9 heteroatoms. The van der Waals surface area contributed by atoms with Crippen LogP contribution >= 0.6 is 23.4 Å². The maximum Gasteiger partial charge on any atom is 0.360 e. The SMILES string of the molecule is CSc1nc2n(n1)[C@](O)(C(=O)O)[C@H](c1ccccc1)[C@@H](c1ccc(Cl)cc1)N2. The molecule has 0 aliphatic carbocycles. The van der Waals surface area contributed by atoms with Gasteiger partial charge in [-0.05, 0) is 29.5 Å². The number of fused-ring (bicyclic) bond motifs is 1. The van der Waals surface area contributed by atoms with E-state index in [-0.39, 0.29) is 5.95 Å². The monoisotopic (exact) mass is 416 g/mol. The van der Waals surface area contributed by atoms with Gasteiger partial charge in [-0.3, -0.25) is 0 Å². The normalized spacial score (nSPS) is 23.7. The number of carboxylic acids is 1. The first-order valence-corrected chi connectivity index (χ1v) is 10.1. The fraction of sp³-hybridized carbons (Fsp3) is 0.211. The molecule has 0 bridgehead atoms. The molecule has 1 aliphatic heterocycles. The molecule has 0 amide bonds. The summed E-state index contributed by atoms with van der Waals surface area (Å²) in [7, 11) is 0. The van der Waals surface area contributed by atoms with Gasteiger partial charge < -0.3 is 15.5 Å². The van der Waals surface area contributed by atoms with E-state index in [9.17, 15) is 15.0 Å². The summed E-state index contributed by atoms with van der Waals surface area (Å²) in [5, 5.41) is 30.0. The van der Waals surface area contributed by atoms with Gasteiger partial charge in [-0.15, -0.1) is 5.10 Å². The summed E-state index contributed by atoms with van der Waals surface area (Å²) in [6.07, 6.45) is 1.78. The molecular weight excluding hydrogens is 400 g/mol. The predicted octanol–water partition coefficient (Wildman–Crippen LogP) is 3.33. The third-order valence-corrected chi connectivity index (χ3v) is 5.64. The van der Waals surface area contributed by atoms with E-state index in [1.807, 2.05) is 6.07 Å². The molecule has 1 aliphatic rings. The Labute approximate surface area is 170 Å². The summed E-state index contributed by atoms with van der Waals surface area (Å²) in [4.78, 5) is 16.7. The predicted molar refractivity (Wildman–Crippen MR) is 107 cm³/mol. The molecule has 3 N–H and O–H groups in total. The molecule has 0 fully saturated rings. The molecule has 0 radical (unpaired) electrons. The second-order valence-corrected chi connectivity index (χ2v) is 7.64. The zero-order valence-corrected chi connectivity index (χ0v) is 16.4. The number of nitrogens with zero attached hydrogens (tertiary/aromatic N) is 3. The molecule has 0 unspecified atom stereocenters. The number of carboxylic acid groups (broad SMARTS) is 1. The first-order valence-electron chi connectivity index (χ1n) is 8.49. The van der Waals surface area contributed by atoms with E-state index in [0.717, 1.165) is 10.2 Å². The maximum absolute atomic E-state index is 12.4. The summed E-state index contributed by atoms with van der Waals surface area (Å²) in [5.74, 6) is -2.07. The third-order valence-electron chi connectivity index (χ3n) is 4.85. The zero-order valence-electron chi connectivity index (χ0n) is 14.8. The second-order valence-electron chi connectivity index (χ2n) is 6.43. The number of halogens is 1. The molecule has 144 valence electrons. The molecule has 2 aromatic carbocycles. The number of aliphatic carboxylic acids is 1. The molecule has 1 aromatic heterocycles. The molecule has 0 saturated heterocycles. The van der Waals surface area contributed by atoms with Crippen molar-refractivity contribution in [1.29, 1.82) is 0 Å². The van der Waals surface area contributed by atoms with Crippen LogP contribution < -0.4 is 5.32 Å². The number of hydrogen-bond donors (Lipinski definition) is 3. The molecule has 3 aromatic rings. The molecule has 3 atom stereocenters. The summed E-state index contributed by atoms with van der Waals surface area (Å²) < 4.78 is 1.06. The molecule has 4 rings (SSSR count). The van der Waals surface area contributed by atoms with Gasteiger partial charge in [-0.2, -0.15) is 9.67 Å². The number of benzene rings is 2. The van der Waals surface area contributed by atoms with Crippen molar-refractivity contribution in [3.63, 3.8) is 0 Å². The van der Waals surface area contributed by atoms with Crippen LogP contribution in [0.5, 0.6) is 0 Å². The number of aromatic nitrogens is 3. The smallest absolute Gasteiger partial charge is 0.360 e. The third kappa shape index (κ3) is 2.94. The van der Waals surface area contributed by atoms with Crippen LogP contribution in [0.1, 0.15) is 23.1 Å². The quantitative estimate of drug-likeness (QED) is 0.561. The van der Waals surface area contributed by atoms with Crippen molar-refractivity contribution >= 4 is 35.3 Å². The minimum absolute atomic E-state index is 0.196. The molecule has 0 spiro atoms. The first kappa shape index (κ1) is 18.8. The number of nitrogens with one attached hydrogen (secondary N) is 1. The van der Waals surface area contributed by atoms with Crippen molar-refractivity contribution in [2.75, 3.05) is 11.6 Å². The Balaban J connectivity index is 1.96. The minimum atomic E-state index is -2.33. The standard InChI is InChI=1S/C19H17ClN4O3S/c1-28-18-22-17-21-15(12-7-9-13(20)10-8-12)14(11-5-3-2-4-6-11)19(27,16(25)26)24(17)23-18/h2-10,14-15,27H,1H3,(H,25,26)(H,21,22,23)/t14-,15-,19-/m1/s1. The summed E-state index contributed by atoms with van der Waals surface area (Å²) in [6.45, 7) is 0. The van der Waals surface area contributed by atoms with E-state index >= 15 is 0 Å². The summed E-state index contributed by atoms with van der Waals surface area (Å²) in [6, 6.07) is 15.5. The van der Waals surface area contributed by atoms with Crippen molar-refractivity contribution < 1.29 is 15.0 Å². The lowest BCUT2D eigenvalue weighted by Crippen LogP contribution is -2.54. The van der Waals surface area contributed by atoms with Gasteiger partial charge in [0.2, 0.25) is 11.1 Å². The highest BCUT2D eigenvalue weighted by molar-refractivity contribution is 7.98. The van der Waals surface area contributed by atoms with Crippen LogP contribution in [0.25, 0.3) is 0 Å². The Morgan fingerprint density at radius 2 is 1.86 bits per heavy atom. The van der Waals surface area contributed by atoms with Crippen LogP contribution in [0.2, 0.25) is 5.02 Å². The number of rotatable bonds is 4. The molecule has 0 saturated carbocycles. The van der Waals surface area contributed by atoms with Gasteiger partial charge in [-0.1, -0.05) is 65.8 Å². The van der Waals surface area contributed by atoms with Gasteiger partial charge in [-0.25, -0.2) is 4.79 Å². The van der Waals surface area contributed by atoms with E-state index < -0.39 is 23.7 Å². The Morgan fingerprint density at radius 1 is 1.18 bits per heavy atom. The number of carbonyl (C=O) groups is 1. The van der Waals surface area contributed by atoms with Crippen molar-refractivity contribution in [2.24, 2.45) is 0 Å². The van der Waals surface area contributed by atoms with Crippen LogP contribution in [0.3, 0.4) is 0 Å². The van der Waals surface area contributed by atoms with E-state index in [1.165, 1.54) is 11.8 Å². The fourth-order valence-corrected chi connectivity index (χ4v) is 4.02. The lowest BCUT2D eigenvalue weighted by molar-refractivity contribution is -0.179. The van der Waals surface area contributed by atoms with Gasteiger partial charge in [0.25, 0.3) is 5.72 Å². The van der Waals surface area contributed by atoms with Crippen LogP contribution in [-0.4, -0.2) is 37.2 Å². The van der Waals surface area contributed by atoms with Crippen LogP contribution in [0, 0.1) is 0 Å². The number of anilines is 1. The van der Waals surface area contributed by atoms with E-state index in [2.05, 4.69) is 15.4 Å². The zero-order chi connectivity index (χ0) is 19.9. The second kappa shape index (κ2) is 7.12. The van der Waals surface area contributed by atoms with Gasteiger partial charge in [0.05, 0.1) is 12.0 Å². The topological polar surface area (TPSA) is 100 Å². The molecule has 7 nitrogen and oxygen atoms in total. The highest BCUT2D eigenvalue weighted by atomic mass is 35.5. The van der Waals surface area contributed by atoms with Crippen molar-refractivity contribution in [3.05, 3.63) is 70.7 Å². The Morgan fingerprint density at radius 3 is 2.46 bits per heavy atom. The lowest BCUT2D eigenvalue weighted by Gasteiger charge is -2.42. The van der Waals surface area contributed by atoms with Crippen molar-refractivity contribution in [1.82, 2.24) is 14.8 Å². The summed E-state index contributed by atoms with van der Waals surface area (Å²) in [5.41, 5.74) is -0.891. The van der Waals surface area contributed by atoms with Gasteiger partial charge in [0.1, 0.15) is 0 Å². The Bertz CT molecular complexity index is 1010. The first-order chi connectivity index (χ1) is 13.4. The van der Waals surface area contributed by atoms with Crippen LogP contribution in [-0.2, 0) is 10.5 Å². The summed E-state index contributed by atoms with van der Waals surface area (Å²) >= 11 is 7.29. The van der Waals surface area contributed by atoms with E-state index in [4.69, 9.17) is 11.6 Å². The average Bonchev–Trinajstić information content (AvgIpc) is 3.13. The molecular formula is C19H17ClN4O3S. The number of hydrogen-bond acceptors (Lipinski definition) is 6. The van der Waals surface area contributed by atoms with Crippen LogP contribution in [0.15, 0.2) is 59.8 Å². The lowest BCUT2D eigenvalue weighted by atomic mass is 9.78. The van der Waals surface area contributed by atoms with Gasteiger partial charge in [0, 0.05) is 5.02 Å².